The highest BCUT2D eigenvalue weighted by Crippen LogP contribution is 2.28. The number of nitrogen functional groups attached to an aromatic ring is 1. The molecule has 112 valence electrons. The van der Waals surface area contributed by atoms with Crippen LogP contribution >= 0.6 is 11.6 Å². The number of anilines is 2. The summed E-state index contributed by atoms with van der Waals surface area (Å²) >= 11 is 5.51. The van der Waals surface area contributed by atoms with Crippen molar-refractivity contribution < 1.29 is 21.6 Å². The van der Waals surface area contributed by atoms with E-state index in [0.29, 0.717) is 6.07 Å². The van der Waals surface area contributed by atoms with Crippen molar-refractivity contribution in [2.24, 2.45) is 0 Å². The van der Waals surface area contributed by atoms with Gasteiger partial charge in [0.05, 0.1) is 10.7 Å². The molecule has 2 rings (SSSR count). The van der Waals surface area contributed by atoms with Crippen LogP contribution in [0.25, 0.3) is 0 Å². The fourth-order valence-corrected chi connectivity index (χ4v) is 3.04. The fourth-order valence-electron chi connectivity index (χ4n) is 1.55. The Labute approximate surface area is 123 Å². The molecule has 0 saturated heterocycles. The lowest BCUT2D eigenvalue weighted by Crippen LogP contribution is -2.16. The molecule has 21 heavy (non-hydrogen) atoms. The number of sulfonamides is 1. The maximum absolute atomic E-state index is 13.8. The van der Waals surface area contributed by atoms with Gasteiger partial charge in [0.2, 0.25) is 0 Å². The van der Waals surface area contributed by atoms with Crippen LogP contribution in [-0.4, -0.2) is 8.42 Å². The molecule has 0 unspecified atom stereocenters. The summed E-state index contributed by atoms with van der Waals surface area (Å²) in [4.78, 5) is -0.837. The fraction of sp³-hybridized carbons (Fsp3) is 0. The lowest BCUT2D eigenvalue weighted by Gasteiger charge is -2.11. The van der Waals surface area contributed by atoms with Crippen molar-refractivity contribution in [2.45, 2.75) is 4.90 Å². The Morgan fingerprint density at radius 2 is 1.76 bits per heavy atom. The van der Waals surface area contributed by atoms with Crippen molar-refractivity contribution in [2.75, 3.05) is 10.5 Å². The molecule has 9 heteroatoms. The molecule has 0 radical (unpaired) electrons. The average molecular weight is 337 g/mol. The maximum Gasteiger partial charge on any atom is 0.265 e. The van der Waals surface area contributed by atoms with Crippen LogP contribution in [0.4, 0.5) is 24.5 Å². The van der Waals surface area contributed by atoms with Crippen LogP contribution in [0, 0.1) is 17.5 Å². The SMILES string of the molecule is Nc1cc(Cl)c(F)c(S(=O)(=O)Nc2ccc(F)cc2F)c1. The van der Waals surface area contributed by atoms with Crippen molar-refractivity contribution in [1.29, 1.82) is 0 Å². The summed E-state index contributed by atoms with van der Waals surface area (Å²) in [6.45, 7) is 0. The van der Waals surface area contributed by atoms with E-state index in [2.05, 4.69) is 0 Å². The van der Waals surface area contributed by atoms with Gasteiger partial charge in [0.25, 0.3) is 10.0 Å². The van der Waals surface area contributed by atoms with Crippen LogP contribution < -0.4 is 10.5 Å². The molecular formula is C12H8ClF3N2O2S. The van der Waals surface area contributed by atoms with Gasteiger partial charge in [0.1, 0.15) is 16.5 Å². The highest BCUT2D eigenvalue weighted by atomic mass is 35.5. The van der Waals surface area contributed by atoms with Crippen LogP contribution in [0.1, 0.15) is 0 Å². The zero-order valence-electron chi connectivity index (χ0n) is 10.2. The first-order chi connectivity index (χ1) is 9.70. The number of nitrogens with two attached hydrogens (primary N) is 1. The van der Waals surface area contributed by atoms with E-state index in [1.807, 2.05) is 0 Å². The highest BCUT2D eigenvalue weighted by Gasteiger charge is 2.23. The Hall–Kier alpha value is -1.93. The van der Waals surface area contributed by atoms with Crippen LogP contribution in [0.2, 0.25) is 5.02 Å². The molecule has 2 aromatic rings. The first-order valence-corrected chi connectivity index (χ1v) is 7.29. The molecule has 2 aromatic carbocycles. The molecule has 0 aliphatic carbocycles. The molecule has 4 nitrogen and oxygen atoms in total. The molecule has 0 aliphatic rings. The number of hydrogen-bond acceptors (Lipinski definition) is 3. The standard InChI is InChI=1S/C12H8ClF3N2O2S/c13-8-4-7(17)5-11(12(8)16)21(19,20)18-10-2-1-6(14)3-9(10)15/h1-5,18H,17H2. The number of rotatable bonds is 3. The Kier molecular flexibility index (Phi) is 4.02. The zero-order chi connectivity index (χ0) is 15.8. The van der Waals surface area contributed by atoms with Gasteiger partial charge in [-0.15, -0.1) is 0 Å². The minimum atomic E-state index is -4.48. The summed E-state index contributed by atoms with van der Waals surface area (Å²) in [5.41, 5.74) is 4.79. The van der Waals surface area contributed by atoms with Crippen molar-refractivity contribution in [3.63, 3.8) is 0 Å². The van der Waals surface area contributed by atoms with Gasteiger partial charge in [-0.05, 0) is 24.3 Å². The molecule has 0 fully saturated rings. The van der Waals surface area contributed by atoms with Gasteiger partial charge in [0.15, 0.2) is 5.82 Å². The summed E-state index contributed by atoms with van der Waals surface area (Å²) < 4.78 is 65.9. The third-order valence-electron chi connectivity index (χ3n) is 2.48. The van der Waals surface area contributed by atoms with E-state index in [0.717, 1.165) is 24.3 Å². The molecular weight excluding hydrogens is 329 g/mol. The molecule has 0 atom stereocenters. The molecule has 0 aromatic heterocycles. The number of halogens is 4. The van der Waals surface area contributed by atoms with Gasteiger partial charge in [-0.25, -0.2) is 21.6 Å². The lowest BCUT2D eigenvalue weighted by atomic mass is 10.3. The Bertz CT molecular complexity index is 812. The first kappa shape index (κ1) is 15.5. The highest BCUT2D eigenvalue weighted by molar-refractivity contribution is 7.92. The maximum atomic E-state index is 13.8. The van der Waals surface area contributed by atoms with Crippen LogP contribution in [0.3, 0.4) is 0 Å². The zero-order valence-corrected chi connectivity index (χ0v) is 11.8. The van der Waals surface area contributed by atoms with E-state index in [9.17, 15) is 21.6 Å². The summed E-state index contributed by atoms with van der Waals surface area (Å²) in [5, 5.41) is -0.491. The molecule has 3 N–H and O–H groups in total. The molecule has 0 spiro atoms. The Morgan fingerprint density at radius 3 is 2.38 bits per heavy atom. The van der Waals surface area contributed by atoms with Gasteiger partial charge in [0, 0.05) is 11.8 Å². The molecule has 0 heterocycles. The summed E-state index contributed by atoms with van der Waals surface area (Å²) in [6, 6.07) is 4.08. The monoisotopic (exact) mass is 336 g/mol. The largest absolute Gasteiger partial charge is 0.399 e. The van der Waals surface area contributed by atoms with Crippen LogP contribution in [0.15, 0.2) is 35.2 Å². The Morgan fingerprint density at radius 1 is 1.10 bits per heavy atom. The van der Waals surface area contributed by atoms with Crippen molar-refractivity contribution in [3.05, 3.63) is 52.8 Å². The predicted octanol–water partition coefficient (Wildman–Crippen LogP) is 3.14. The number of hydrogen-bond donors (Lipinski definition) is 2. The molecule has 0 amide bonds. The van der Waals surface area contributed by atoms with E-state index in [1.54, 1.807) is 4.72 Å². The lowest BCUT2D eigenvalue weighted by molar-refractivity contribution is 0.568. The van der Waals surface area contributed by atoms with Gasteiger partial charge < -0.3 is 5.73 Å². The van der Waals surface area contributed by atoms with Gasteiger partial charge in [-0.2, -0.15) is 0 Å². The summed E-state index contributed by atoms with van der Waals surface area (Å²) in [6.07, 6.45) is 0. The van der Waals surface area contributed by atoms with Gasteiger partial charge in [-0.1, -0.05) is 11.6 Å². The quantitative estimate of drug-likeness (QED) is 0.846. The minimum Gasteiger partial charge on any atom is -0.399 e. The predicted molar refractivity (Wildman–Crippen MR) is 73.0 cm³/mol. The summed E-state index contributed by atoms with van der Waals surface area (Å²) in [7, 11) is -4.48. The number of benzene rings is 2. The minimum absolute atomic E-state index is 0.0821. The van der Waals surface area contributed by atoms with Crippen LogP contribution in [-0.2, 0) is 10.0 Å². The Balaban J connectivity index is 2.48. The van der Waals surface area contributed by atoms with E-state index < -0.39 is 43.1 Å². The van der Waals surface area contributed by atoms with Gasteiger partial charge in [-0.3, -0.25) is 4.72 Å². The second-order valence-electron chi connectivity index (χ2n) is 4.04. The van der Waals surface area contributed by atoms with Crippen LogP contribution in [0.5, 0.6) is 0 Å². The van der Waals surface area contributed by atoms with E-state index in [4.69, 9.17) is 17.3 Å². The molecule has 0 saturated carbocycles. The van der Waals surface area contributed by atoms with E-state index >= 15 is 0 Å². The second kappa shape index (κ2) is 5.45. The van der Waals surface area contributed by atoms with E-state index in [1.165, 1.54) is 0 Å². The van der Waals surface area contributed by atoms with Gasteiger partial charge >= 0.3 is 0 Å². The smallest absolute Gasteiger partial charge is 0.265 e. The summed E-state index contributed by atoms with van der Waals surface area (Å²) in [5.74, 6) is -3.25. The van der Waals surface area contributed by atoms with Crippen molar-refractivity contribution >= 4 is 33.0 Å². The van der Waals surface area contributed by atoms with E-state index in [-0.39, 0.29) is 5.69 Å². The third-order valence-corrected chi connectivity index (χ3v) is 4.12. The van der Waals surface area contributed by atoms with Crippen molar-refractivity contribution in [3.8, 4) is 0 Å². The topological polar surface area (TPSA) is 72.2 Å². The normalized spacial score (nSPS) is 11.4. The average Bonchev–Trinajstić information content (AvgIpc) is 2.37. The molecule has 0 bridgehead atoms. The second-order valence-corrected chi connectivity index (χ2v) is 6.10. The molecule has 0 aliphatic heterocycles. The number of nitrogens with one attached hydrogen (secondary N) is 1. The third kappa shape index (κ3) is 3.22. The first-order valence-electron chi connectivity index (χ1n) is 5.43. The van der Waals surface area contributed by atoms with Crippen molar-refractivity contribution in [1.82, 2.24) is 0 Å².